The molecule has 3 amide bonds. The highest BCUT2D eigenvalue weighted by molar-refractivity contribution is 7.13. The summed E-state index contributed by atoms with van der Waals surface area (Å²) in [5.41, 5.74) is 4.05. The number of carbonyl (C=O) groups is 3. The molecular formula is C46H64N10O5S. The molecule has 5 heterocycles. The van der Waals surface area contributed by atoms with Crippen LogP contribution >= 0.6 is 11.3 Å². The molecule has 0 spiro atoms. The van der Waals surface area contributed by atoms with Crippen molar-refractivity contribution >= 4 is 46.9 Å². The summed E-state index contributed by atoms with van der Waals surface area (Å²) in [5.74, 6) is 7.34. The summed E-state index contributed by atoms with van der Waals surface area (Å²) >= 11 is 1.59. The number of aryl methyl sites for hydroxylation is 1. The third-order valence-corrected chi connectivity index (χ3v) is 14.5. The number of hydrogen-bond acceptors (Lipinski definition) is 13. The fourth-order valence-corrected chi connectivity index (χ4v) is 10.5. The van der Waals surface area contributed by atoms with E-state index in [1.807, 2.05) is 76.3 Å². The van der Waals surface area contributed by atoms with Crippen LogP contribution in [0.5, 0.6) is 0 Å². The van der Waals surface area contributed by atoms with E-state index in [1.165, 1.54) is 4.90 Å². The van der Waals surface area contributed by atoms with E-state index in [0.29, 0.717) is 36.7 Å². The molecule has 62 heavy (non-hydrogen) atoms. The Balaban J connectivity index is 0.934. The number of amides is 3. The maximum atomic E-state index is 14.2. The number of likely N-dealkylation sites (tertiary alicyclic amines) is 1. The Bertz CT molecular complexity index is 2120. The Morgan fingerprint density at radius 3 is 2.47 bits per heavy atom. The van der Waals surface area contributed by atoms with Crippen LogP contribution in [-0.4, -0.2) is 123 Å². The SMILES string of the molecule is CC#CCN(C)c1nc(N2CCC(CCC(=O)N[C@H](C(=O)N3C[C@H](O)C[C@H]3C(=O)NCc3ccc(-c4scnc4C)cc3)C(C)(C)C)CC2)nc(N2CC[C@@]3(CO)CCC[C@@H]23)n1. The van der Waals surface area contributed by atoms with E-state index in [2.05, 4.69) is 37.3 Å². The minimum atomic E-state index is -0.878. The molecule has 16 heteroatoms. The highest BCUT2D eigenvalue weighted by Gasteiger charge is 2.51. The van der Waals surface area contributed by atoms with Crippen molar-refractivity contribution in [3.63, 3.8) is 0 Å². The number of β-amino-alcohol motifs (C(OH)–C–C–N with tert-alkyl or cyclic N) is 1. The molecule has 3 aliphatic heterocycles. The Morgan fingerprint density at radius 1 is 1.05 bits per heavy atom. The quantitative estimate of drug-likeness (QED) is 0.169. The van der Waals surface area contributed by atoms with Crippen molar-refractivity contribution < 1.29 is 24.6 Å². The van der Waals surface area contributed by atoms with Crippen LogP contribution in [0, 0.1) is 35.5 Å². The van der Waals surface area contributed by atoms with E-state index in [1.54, 1.807) is 11.3 Å². The Hall–Kier alpha value is -4.85. The van der Waals surface area contributed by atoms with Crippen LogP contribution < -0.4 is 25.3 Å². The van der Waals surface area contributed by atoms with Crippen molar-refractivity contribution in [3.8, 4) is 22.3 Å². The molecule has 0 radical (unpaired) electrons. The van der Waals surface area contributed by atoms with Gasteiger partial charge < -0.3 is 40.4 Å². The van der Waals surface area contributed by atoms with E-state index in [-0.39, 0.29) is 61.7 Å². The molecule has 2 aromatic heterocycles. The van der Waals surface area contributed by atoms with Crippen molar-refractivity contribution in [2.75, 3.05) is 61.1 Å². The van der Waals surface area contributed by atoms with Gasteiger partial charge in [0.2, 0.25) is 35.6 Å². The van der Waals surface area contributed by atoms with E-state index >= 15 is 0 Å². The Morgan fingerprint density at radius 2 is 1.79 bits per heavy atom. The molecular weight excluding hydrogens is 805 g/mol. The number of anilines is 3. The molecule has 0 unspecified atom stereocenters. The van der Waals surface area contributed by atoms with Crippen molar-refractivity contribution in [2.45, 2.75) is 123 Å². The number of aliphatic hydroxyl groups excluding tert-OH is 2. The second kappa shape index (κ2) is 19.3. The first-order valence-corrected chi connectivity index (χ1v) is 23.1. The molecule has 3 aromatic rings. The molecule has 3 saturated heterocycles. The second-order valence-corrected chi connectivity index (χ2v) is 19.7. The van der Waals surface area contributed by atoms with Gasteiger partial charge in [-0.3, -0.25) is 14.4 Å². The van der Waals surface area contributed by atoms with Crippen LogP contribution in [0.15, 0.2) is 29.8 Å². The molecule has 7 rings (SSSR count). The zero-order valence-electron chi connectivity index (χ0n) is 37.2. The largest absolute Gasteiger partial charge is 0.396 e. The minimum absolute atomic E-state index is 0.0240. The van der Waals surface area contributed by atoms with E-state index in [0.717, 1.165) is 79.9 Å². The lowest BCUT2D eigenvalue weighted by molar-refractivity contribution is -0.144. The van der Waals surface area contributed by atoms with Crippen LogP contribution in [0.3, 0.4) is 0 Å². The second-order valence-electron chi connectivity index (χ2n) is 18.8. The number of benzene rings is 1. The van der Waals surface area contributed by atoms with Crippen molar-refractivity contribution in [1.29, 1.82) is 0 Å². The number of rotatable bonds is 14. The smallest absolute Gasteiger partial charge is 0.246 e. The zero-order valence-corrected chi connectivity index (χ0v) is 38.0. The Labute approximate surface area is 370 Å². The zero-order chi connectivity index (χ0) is 44.2. The summed E-state index contributed by atoms with van der Waals surface area (Å²) in [6.45, 7) is 12.8. The molecule has 4 fully saturated rings. The fraction of sp³-hybridized carbons (Fsp3) is 0.630. The Kier molecular flexibility index (Phi) is 14.0. The van der Waals surface area contributed by atoms with Crippen molar-refractivity contribution in [3.05, 3.63) is 41.0 Å². The van der Waals surface area contributed by atoms with E-state index in [4.69, 9.17) is 15.0 Å². The molecule has 334 valence electrons. The van der Waals surface area contributed by atoms with Gasteiger partial charge >= 0.3 is 0 Å². The standard InChI is InChI=1S/C46H64N10O5S/c1-7-8-21-53(6)42-50-43(52-44(51-42)55-24-20-46(28-57)19-9-10-36(46)55)54-22-17-31(18-23-54)13-16-37(59)49-39(45(3,4)5)41(61)56-27-34(58)25-35(56)40(60)47-26-32-11-14-33(15-12-32)38-30(2)48-29-62-38/h11-12,14-15,29,31,34-36,39,57-58H,9-10,13,16-28H2,1-6H3,(H,47,60)(H,49,59)/t34-,35+,36-,39-,46-/m1/s1. The molecule has 1 aromatic carbocycles. The van der Waals surface area contributed by atoms with Gasteiger partial charge in [0.25, 0.3) is 0 Å². The molecule has 0 bridgehead atoms. The molecule has 5 atom stereocenters. The van der Waals surface area contributed by atoms with Crippen LogP contribution in [0.25, 0.3) is 10.4 Å². The average Bonchev–Trinajstić information content (AvgIpc) is 4.07. The number of hydrogen-bond donors (Lipinski definition) is 4. The number of carbonyl (C=O) groups excluding carboxylic acids is 3. The lowest BCUT2D eigenvalue weighted by atomic mass is 9.83. The molecule has 15 nitrogen and oxygen atoms in total. The summed E-state index contributed by atoms with van der Waals surface area (Å²) in [7, 11) is 1.94. The van der Waals surface area contributed by atoms with Gasteiger partial charge in [0.05, 0.1) is 35.3 Å². The number of piperidine rings is 1. The average molecular weight is 869 g/mol. The molecule has 4 aliphatic rings. The van der Waals surface area contributed by atoms with Gasteiger partial charge in [-0.2, -0.15) is 15.0 Å². The van der Waals surface area contributed by atoms with Crippen LogP contribution in [0.1, 0.15) is 96.7 Å². The van der Waals surface area contributed by atoms with Gasteiger partial charge in [0.1, 0.15) is 12.1 Å². The van der Waals surface area contributed by atoms with Gasteiger partial charge in [-0.25, -0.2) is 4.98 Å². The highest BCUT2D eigenvalue weighted by Crippen LogP contribution is 2.49. The van der Waals surface area contributed by atoms with Gasteiger partial charge in [-0.15, -0.1) is 17.3 Å². The predicted molar refractivity (Wildman–Crippen MR) is 241 cm³/mol. The normalized spacial score (nSPS) is 23.2. The number of fused-ring (bicyclic) bond motifs is 1. The maximum Gasteiger partial charge on any atom is 0.246 e. The summed E-state index contributed by atoms with van der Waals surface area (Å²) < 4.78 is 0. The van der Waals surface area contributed by atoms with Crippen molar-refractivity contribution in [2.24, 2.45) is 16.7 Å². The van der Waals surface area contributed by atoms with Gasteiger partial charge in [0, 0.05) is 64.1 Å². The number of thiazole rings is 1. The predicted octanol–water partition coefficient (Wildman–Crippen LogP) is 4.31. The molecule has 4 N–H and O–H groups in total. The van der Waals surface area contributed by atoms with E-state index < -0.39 is 23.6 Å². The summed E-state index contributed by atoms with van der Waals surface area (Å²) in [6.07, 6.45) is 6.01. The van der Waals surface area contributed by atoms with Crippen LogP contribution in [0.2, 0.25) is 0 Å². The lowest BCUT2D eigenvalue weighted by Gasteiger charge is -2.36. The summed E-state index contributed by atoms with van der Waals surface area (Å²) in [6, 6.07) is 6.44. The summed E-state index contributed by atoms with van der Waals surface area (Å²) in [4.78, 5) is 69.5. The third kappa shape index (κ3) is 10.0. The van der Waals surface area contributed by atoms with Gasteiger partial charge in [0.15, 0.2) is 0 Å². The van der Waals surface area contributed by atoms with Crippen LogP contribution in [-0.2, 0) is 20.9 Å². The topological polar surface area (TPSA) is 180 Å². The minimum Gasteiger partial charge on any atom is -0.396 e. The third-order valence-electron chi connectivity index (χ3n) is 13.5. The lowest BCUT2D eigenvalue weighted by Crippen LogP contribution is -2.57. The number of aromatic nitrogens is 4. The maximum absolute atomic E-state index is 14.2. The first kappa shape index (κ1) is 45.2. The number of nitrogens with zero attached hydrogens (tertiary/aromatic N) is 8. The fourth-order valence-electron chi connectivity index (χ4n) is 9.72. The van der Waals surface area contributed by atoms with Gasteiger partial charge in [-0.1, -0.05) is 57.4 Å². The summed E-state index contributed by atoms with van der Waals surface area (Å²) in [5, 5.41) is 27.0. The first-order chi connectivity index (χ1) is 29.7. The number of aliphatic hydroxyl groups is 2. The van der Waals surface area contributed by atoms with Gasteiger partial charge in [-0.05, 0) is 74.8 Å². The van der Waals surface area contributed by atoms with E-state index in [9.17, 15) is 24.6 Å². The molecule has 1 aliphatic carbocycles. The van der Waals surface area contributed by atoms with Crippen LogP contribution in [0.4, 0.5) is 17.8 Å². The van der Waals surface area contributed by atoms with Crippen molar-refractivity contribution in [1.82, 2.24) is 35.5 Å². The highest BCUT2D eigenvalue weighted by atomic mass is 32.1. The monoisotopic (exact) mass is 868 g/mol. The molecule has 1 saturated carbocycles. The first-order valence-electron chi connectivity index (χ1n) is 22.2. The number of nitrogens with one attached hydrogen (secondary N) is 2.